The Morgan fingerprint density at radius 1 is 1.17 bits per heavy atom. The SMILES string of the molecule is O=C(O)c1ccc(/C=c2/s/c(=C\C(=O)c3ccco3)[nH]c2=O)cc1. The first kappa shape index (κ1) is 15.7. The van der Waals surface area contributed by atoms with E-state index in [1.54, 1.807) is 30.3 Å². The summed E-state index contributed by atoms with van der Waals surface area (Å²) in [5.41, 5.74) is 0.544. The highest BCUT2D eigenvalue weighted by molar-refractivity contribution is 7.07. The molecule has 0 aliphatic rings. The third-order valence-electron chi connectivity index (χ3n) is 3.16. The van der Waals surface area contributed by atoms with Crippen molar-refractivity contribution in [2.24, 2.45) is 0 Å². The van der Waals surface area contributed by atoms with Crippen LogP contribution in [0.1, 0.15) is 26.5 Å². The Bertz CT molecular complexity index is 1060. The first-order valence-corrected chi connectivity index (χ1v) is 7.68. The van der Waals surface area contributed by atoms with Crippen LogP contribution in [-0.4, -0.2) is 21.8 Å². The Morgan fingerprint density at radius 3 is 2.54 bits per heavy atom. The Kier molecular flexibility index (Phi) is 4.26. The van der Waals surface area contributed by atoms with Crippen molar-refractivity contribution < 1.29 is 19.1 Å². The van der Waals surface area contributed by atoms with E-state index in [2.05, 4.69) is 4.98 Å². The second-order valence-corrected chi connectivity index (χ2v) is 5.93. The van der Waals surface area contributed by atoms with E-state index in [1.807, 2.05) is 0 Å². The van der Waals surface area contributed by atoms with Gasteiger partial charge in [0.05, 0.1) is 21.0 Å². The van der Waals surface area contributed by atoms with Gasteiger partial charge < -0.3 is 14.5 Å². The van der Waals surface area contributed by atoms with E-state index in [1.165, 1.54) is 24.5 Å². The van der Waals surface area contributed by atoms with E-state index in [4.69, 9.17) is 9.52 Å². The quantitative estimate of drug-likeness (QED) is 0.695. The summed E-state index contributed by atoms with van der Waals surface area (Å²) in [5, 5.41) is 8.87. The third-order valence-corrected chi connectivity index (χ3v) is 4.13. The molecule has 3 rings (SSSR count). The van der Waals surface area contributed by atoms with Crippen LogP contribution in [0.25, 0.3) is 12.2 Å². The van der Waals surface area contributed by atoms with Gasteiger partial charge in [0, 0.05) is 6.08 Å². The van der Waals surface area contributed by atoms with Gasteiger partial charge in [-0.25, -0.2) is 4.79 Å². The number of Topliss-reactive ketones (excluding diaryl/α,β-unsaturated/α-hetero) is 1. The topological polar surface area (TPSA) is 100 Å². The Balaban J connectivity index is 1.95. The number of furan rings is 1. The lowest BCUT2D eigenvalue weighted by molar-refractivity contribution is 0.0696. The second kappa shape index (κ2) is 6.51. The number of hydrogen-bond acceptors (Lipinski definition) is 5. The van der Waals surface area contributed by atoms with Crippen molar-refractivity contribution >= 4 is 35.2 Å². The van der Waals surface area contributed by atoms with Gasteiger partial charge in [-0.15, -0.1) is 11.3 Å². The summed E-state index contributed by atoms with van der Waals surface area (Å²) in [6.45, 7) is 0. The van der Waals surface area contributed by atoms with E-state index in [9.17, 15) is 14.4 Å². The predicted octanol–water partition coefficient (Wildman–Crippen LogP) is 1.22. The van der Waals surface area contributed by atoms with Crippen molar-refractivity contribution in [1.82, 2.24) is 4.98 Å². The zero-order chi connectivity index (χ0) is 17.1. The van der Waals surface area contributed by atoms with Gasteiger partial charge in [-0.2, -0.15) is 0 Å². The highest BCUT2D eigenvalue weighted by Crippen LogP contribution is 2.05. The monoisotopic (exact) mass is 341 g/mol. The third kappa shape index (κ3) is 3.41. The average molecular weight is 341 g/mol. The Labute approximate surface area is 139 Å². The van der Waals surface area contributed by atoms with Crippen molar-refractivity contribution in [2.75, 3.05) is 0 Å². The molecule has 0 aliphatic heterocycles. The summed E-state index contributed by atoms with van der Waals surface area (Å²) in [6.07, 6.45) is 4.33. The number of nitrogens with one attached hydrogen (secondary N) is 1. The summed E-state index contributed by atoms with van der Waals surface area (Å²) >= 11 is 1.13. The molecule has 0 fully saturated rings. The number of carboxylic acid groups (broad SMARTS) is 1. The lowest BCUT2D eigenvalue weighted by Gasteiger charge is -1.94. The fourth-order valence-electron chi connectivity index (χ4n) is 2.01. The number of hydrogen-bond donors (Lipinski definition) is 2. The van der Waals surface area contributed by atoms with E-state index >= 15 is 0 Å². The van der Waals surface area contributed by atoms with Crippen LogP contribution in [0.4, 0.5) is 0 Å². The minimum absolute atomic E-state index is 0.172. The van der Waals surface area contributed by atoms with Crippen molar-refractivity contribution in [2.45, 2.75) is 0 Å². The van der Waals surface area contributed by atoms with Gasteiger partial charge >= 0.3 is 5.97 Å². The zero-order valence-corrected chi connectivity index (χ0v) is 13.0. The molecule has 7 heteroatoms. The maximum absolute atomic E-state index is 12.0. The highest BCUT2D eigenvalue weighted by atomic mass is 32.1. The number of ketones is 1. The minimum Gasteiger partial charge on any atom is -0.478 e. The Morgan fingerprint density at radius 2 is 1.92 bits per heavy atom. The average Bonchev–Trinajstić information content (AvgIpc) is 3.19. The molecule has 0 amide bonds. The van der Waals surface area contributed by atoms with Crippen molar-refractivity contribution in [3.8, 4) is 0 Å². The molecule has 2 aromatic heterocycles. The first-order valence-electron chi connectivity index (χ1n) is 6.87. The van der Waals surface area contributed by atoms with Crippen LogP contribution in [0.5, 0.6) is 0 Å². The molecule has 0 saturated carbocycles. The smallest absolute Gasteiger partial charge is 0.335 e. The molecule has 24 heavy (non-hydrogen) atoms. The fraction of sp³-hybridized carbons (Fsp3) is 0. The van der Waals surface area contributed by atoms with Crippen LogP contribution >= 0.6 is 11.3 Å². The number of H-pyrrole nitrogens is 1. The van der Waals surface area contributed by atoms with Crippen LogP contribution in [0, 0.1) is 0 Å². The van der Waals surface area contributed by atoms with Gasteiger partial charge in [0.25, 0.3) is 5.56 Å². The number of aromatic nitrogens is 1. The van der Waals surface area contributed by atoms with Crippen LogP contribution in [0.2, 0.25) is 0 Å². The molecule has 1 aromatic carbocycles. The zero-order valence-electron chi connectivity index (χ0n) is 12.2. The fourth-order valence-corrected chi connectivity index (χ4v) is 2.89. The molecule has 0 saturated heterocycles. The number of thiazole rings is 1. The number of carbonyl (C=O) groups excluding carboxylic acids is 1. The number of benzene rings is 1. The van der Waals surface area contributed by atoms with Crippen LogP contribution in [0.15, 0.2) is 51.9 Å². The van der Waals surface area contributed by atoms with Crippen LogP contribution in [-0.2, 0) is 0 Å². The lowest BCUT2D eigenvalue weighted by atomic mass is 10.1. The van der Waals surface area contributed by atoms with Gasteiger partial charge in [0.15, 0.2) is 5.76 Å². The van der Waals surface area contributed by atoms with Gasteiger partial charge in [-0.1, -0.05) is 12.1 Å². The molecule has 120 valence electrons. The molecule has 0 aliphatic carbocycles. The molecule has 0 radical (unpaired) electrons. The molecule has 0 atom stereocenters. The number of aromatic carboxylic acids is 1. The number of rotatable bonds is 4. The maximum Gasteiger partial charge on any atom is 0.335 e. The summed E-state index contributed by atoms with van der Waals surface area (Å²) in [5.74, 6) is -1.15. The molecule has 0 unspecified atom stereocenters. The predicted molar refractivity (Wildman–Crippen MR) is 88.7 cm³/mol. The van der Waals surface area contributed by atoms with Gasteiger partial charge in [-0.3, -0.25) is 9.59 Å². The second-order valence-electron chi connectivity index (χ2n) is 4.84. The van der Waals surface area contributed by atoms with Crippen LogP contribution < -0.4 is 14.8 Å². The van der Waals surface area contributed by atoms with E-state index in [0.717, 1.165) is 11.3 Å². The molecule has 3 aromatic rings. The van der Waals surface area contributed by atoms with Crippen molar-refractivity contribution in [3.63, 3.8) is 0 Å². The molecular weight excluding hydrogens is 330 g/mol. The highest BCUT2D eigenvalue weighted by Gasteiger charge is 2.05. The molecule has 2 N–H and O–H groups in total. The van der Waals surface area contributed by atoms with E-state index in [-0.39, 0.29) is 22.7 Å². The molecule has 6 nitrogen and oxygen atoms in total. The minimum atomic E-state index is -1.01. The van der Waals surface area contributed by atoms with Crippen molar-refractivity contribution in [1.29, 1.82) is 0 Å². The lowest BCUT2D eigenvalue weighted by Crippen LogP contribution is -2.20. The van der Waals surface area contributed by atoms with E-state index in [0.29, 0.717) is 14.8 Å². The first-order chi connectivity index (χ1) is 11.5. The normalized spacial score (nSPS) is 12.5. The molecular formula is C17H11NO5S. The number of aromatic amines is 1. The molecule has 0 bridgehead atoms. The summed E-state index contributed by atoms with van der Waals surface area (Å²) in [4.78, 5) is 37.3. The molecule has 2 heterocycles. The summed E-state index contributed by atoms with van der Waals surface area (Å²) in [6, 6.07) is 9.30. The maximum atomic E-state index is 12.0. The molecule has 0 spiro atoms. The Hall–Kier alpha value is -3.19. The van der Waals surface area contributed by atoms with Gasteiger partial charge in [0.2, 0.25) is 5.78 Å². The standard InChI is InChI=1S/C17H11NO5S/c19-12(13-2-1-7-23-13)9-15-18-16(20)14(24-15)8-10-3-5-11(6-4-10)17(21)22/h1-9H,(H,18,20)(H,21,22)/b14-8+,15-9-. The largest absolute Gasteiger partial charge is 0.478 e. The van der Waals surface area contributed by atoms with Gasteiger partial charge in [-0.05, 0) is 35.9 Å². The summed E-state index contributed by atoms with van der Waals surface area (Å²) in [7, 11) is 0. The number of carbonyl (C=O) groups is 2. The van der Waals surface area contributed by atoms with Crippen molar-refractivity contribution in [3.05, 3.63) is 79.1 Å². The van der Waals surface area contributed by atoms with Gasteiger partial charge in [0.1, 0.15) is 0 Å². The van der Waals surface area contributed by atoms with E-state index < -0.39 is 5.97 Å². The number of carboxylic acids is 1. The van der Waals surface area contributed by atoms with Crippen LogP contribution in [0.3, 0.4) is 0 Å². The summed E-state index contributed by atoms with van der Waals surface area (Å²) < 4.78 is 5.83.